The number of benzene rings is 1. The molecule has 0 aromatic heterocycles. The van der Waals surface area contributed by atoms with Gasteiger partial charge in [0.05, 0.1) is 5.56 Å². The van der Waals surface area contributed by atoms with E-state index in [0.717, 1.165) is 5.75 Å². The fraction of sp³-hybridized carbons (Fsp3) is 0.571. The van der Waals surface area contributed by atoms with Crippen LogP contribution in [0, 0.1) is 5.92 Å². The number of halogens is 3. The first-order chi connectivity index (χ1) is 8.84. The minimum absolute atomic E-state index is 0.254. The molecule has 0 aliphatic rings. The summed E-state index contributed by atoms with van der Waals surface area (Å²) < 4.78 is 39.1. The van der Waals surface area contributed by atoms with E-state index in [-0.39, 0.29) is 6.54 Å². The monoisotopic (exact) mass is 291 g/mol. The highest BCUT2D eigenvalue weighted by molar-refractivity contribution is 7.99. The van der Waals surface area contributed by atoms with Gasteiger partial charge in [0.2, 0.25) is 0 Å². The van der Waals surface area contributed by atoms with Crippen molar-refractivity contribution in [2.75, 3.05) is 12.3 Å². The molecule has 0 fully saturated rings. The molecule has 1 aromatic carbocycles. The smallest absolute Gasteiger partial charge is 0.312 e. The highest BCUT2D eigenvalue weighted by atomic mass is 32.2. The van der Waals surface area contributed by atoms with Crippen molar-refractivity contribution < 1.29 is 13.2 Å². The van der Waals surface area contributed by atoms with E-state index in [4.69, 9.17) is 0 Å². The minimum atomic E-state index is -4.29. The van der Waals surface area contributed by atoms with Crippen LogP contribution in [0.4, 0.5) is 13.2 Å². The van der Waals surface area contributed by atoms with Gasteiger partial charge in [0.15, 0.2) is 0 Å². The van der Waals surface area contributed by atoms with Gasteiger partial charge in [-0.3, -0.25) is 0 Å². The van der Waals surface area contributed by atoms with Gasteiger partial charge < -0.3 is 5.32 Å². The SMILES string of the molecule is CCSc1ccc(CNCC(C)C)c(C(F)(F)F)c1. The van der Waals surface area contributed by atoms with Gasteiger partial charge in [-0.1, -0.05) is 26.8 Å². The molecule has 0 aliphatic heterocycles. The van der Waals surface area contributed by atoms with Crippen molar-refractivity contribution in [1.29, 1.82) is 0 Å². The summed E-state index contributed by atoms with van der Waals surface area (Å²) in [6.07, 6.45) is -4.29. The molecular weight excluding hydrogens is 271 g/mol. The van der Waals surface area contributed by atoms with E-state index in [1.807, 2.05) is 20.8 Å². The number of alkyl halides is 3. The molecule has 0 atom stereocenters. The van der Waals surface area contributed by atoms with Crippen LogP contribution in [0.15, 0.2) is 23.1 Å². The fourth-order valence-corrected chi connectivity index (χ4v) is 2.42. The Kier molecular flexibility index (Phi) is 6.20. The molecule has 1 N–H and O–H groups in total. The summed E-state index contributed by atoms with van der Waals surface area (Å²) in [4.78, 5) is 0.669. The molecule has 0 saturated carbocycles. The summed E-state index contributed by atoms with van der Waals surface area (Å²) in [7, 11) is 0. The van der Waals surface area contributed by atoms with Gasteiger partial charge in [-0.15, -0.1) is 11.8 Å². The van der Waals surface area contributed by atoms with Crippen LogP contribution < -0.4 is 5.32 Å². The van der Waals surface area contributed by atoms with Gasteiger partial charge in [0.25, 0.3) is 0 Å². The molecule has 1 nitrogen and oxygen atoms in total. The summed E-state index contributed by atoms with van der Waals surface area (Å²) >= 11 is 1.42. The first-order valence-electron chi connectivity index (χ1n) is 6.38. The molecule has 0 unspecified atom stereocenters. The van der Waals surface area contributed by atoms with Crippen molar-refractivity contribution in [2.24, 2.45) is 5.92 Å². The Labute approximate surface area is 117 Å². The summed E-state index contributed by atoms with van der Waals surface area (Å²) in [5.41, 5.74) is -0.212. The quantitative estimate of drug-likeness (QED) is 0.771. The highest BCUT2D eigenvalue weighted by Gasteiger charge is 2.33. The highest BCUT2D eigenvalue weighted by Crippen LogP contribution is 2.34. The second kappa shape index (κ2) is 7.20. The topological polar surface area (TPSA) is 12.0 Å². The van der Waals surface area contributed by atoms with Crippen molar-refractivity contribution in [2.45, 2.75) is 38.4 Å². The molecule has 1 aromatic rings. The largest absolute Gasteiger partial charge is 0.416 e. The van der Waals surface area contributed by atoms with Gasteiger partial charge in [-0.2, -0.15) is 13.2 Å². The number of hydrogen-bond donors (Lipinski definition) is 1. The zero-order valence-corrected chi connectivity index (χ0v) is 12.3. The van der Waals surface area contributed by atoms with Crippen LogP contribution in [0.1, 0.15) is 31.9 Å². The second-order valence-corrected chi connectivity index (χ2v) is 6.11. The standard InChI is InChI=1S/C14H20F3NS/c1-4-19-12-6-5-11(9-18-8-10(2)3)13(7-12)14(15,16)17/h5-7,10,18H,4,8-9H2,1-3H3. The van der Waals surface area contributed by atoms with E-state index in [2.05, 4.69) is 5.32 Å². The van der Waals surface area contributed by atoms with E-state index in [1.54, 1.807) is 12.1 Å². The average Bonchev–Trinajstić information content (AvgIpc) is 2.29. The van der Waals surface area contributed by atoms with Crippen molar-refractivity contribution in [3.8, 4) is 0 Å². The molecule has 1 rings (SSSR count). The van der Waals surface area contributed by atoms with Gasteiger partial charge in [0, 0.05) is 11.4 Å². The number of thioether (sulfide) groups is 1. The lowest BCUT2D eigenvalue weighted by molar-refractivity contribution is -0.138. The summed E-state index contributed by atoms with van der Waals surface area (Å²) in [6, 6.07) is 4.59. The Hall–Kier alpha value is -0.680. The molecule has 5 heteroatoms. The minimum Gasteiger partial charge on any atom is -0.312 e. The predicted octanol–water partition coefficient (Wildman–Crippen LogP) is 4.56. The van der Waals surface area contributed by atoms with Gasteiger partial charge in [0.1, 0.15) is 0 Å². The zero-order valence-electron chi connectivity index (χ0n) is 11.5. The van der Waals surface area contributed by atoms with Crippen LogP contribution >= 0.6 is 11.8 Å². The van der Waals surface area contributed by atoms with Crippen LogP contribution in [-0.4, -0.2) is 12.3 Å². The maximum atomic E-state index is 13.0. The zero-order chi connectivity index (χ0) is 14.5. The first kappa shape index (κ1) is 16.4. The Balaban J connectivity index is 2.90. The lowest BCUT2D eigenvalue weighted by atomic mass is 10.1. The third kappa shape index (κ3) is 5.45. The summed E-state index contributed by atoms with van der Waals surface area (Å²) in [5, 5.41) is 3.06. The number of rotatable bonds is 6. The number of hydrogen-bond acceptors (Lipinski definition) is 2. The Morgan fingerprint density at radius 1 is 1.26 bits per heavy atom. The van der Waals surface area contributed by atoms with E-state index in [0.29, 0.717) is 22.9 Å². The maximum absolute atomic E-state index is 13.0. The van der Waals surface area contributed by atoms with E-state index in [9.17, 15) is 13.2 Å². The third-order valence-corrected chi connectivity index (χ3v) is 3.44. The third-order valence-electron chi connectivity index (χ3n) is 2.57. The summed E-state index contributed by atoms with van der Waals surface area (Å²) in [6.45, 7) is 6.94. The fourth-order valence-electron chi connectivity index (χ4n) is 1.73. The van der Waals surface area contributed by atoms with Crippen LogP contribution in [0.2, 0.25) is 0 Å². The van der Waals surface area contributed by atoms with E-state index in [1.165, 1.54) is 17.8 Å². The Bertz CT molecular complexity index is 402. The molecule has 0 aliphatic carbocycles. The Morgan fingerprint density at radius 2 is 1.95 bits per heavy atom. The number of nitrogens with one attached hydrogen (secondary N) is 1. The van der Waals surface area contributed by atoms with Crippen molar-refractivity contribution in [3.05, 3.63) is 29.3 Å². The molecule has 0 radical (unpaired) electrons. The van der Waals surface area contributed by atoms with Crippen LogP contribution in [-0.2, 0) is 12.7 Å². The molecule has 19 heavy (non-hydrogen) atoms. The Morgan fingerprint density at radius 3 is 2.47 bits per heavy atom. The summed E-state index contributed by atoms with van der Waals surface area (Å²) in [5.74, 6) is 1.19. The second-order valence-electron chi connectivity index (χ2n) is 4.77. The molecule has 0 saturated heterocycles. The molecule has 0 amide bonds. The molecule has 0 heterocycles. The van der Waals surface area contributed by atoms with E-state index >= 15 is 0 Å². The van der Waals surface area contributed by atoms with Gasteiger partial charge in [-0.05, 0) is 35.9 Å². The molecule has 0 bridgehead atoms. The van der Waals surface area contributed by atoms with Crippen molar-refractivity contribution >= 4 is 11.8 Å². The van der Waals surface area contributed by atoms with Gasteiger partial charge in [-0.25, -0.2) is 0 Å². The normalized spacial score (nSPS) is 12.2. The van der Waals surface area contributed by atoms with Crippen LogP contribution in [0.3, 0.4) is 0 Å². The molecule has 108 valence electrons. The van der Waals surface area contributed by atoms with Gasteiger partial charge >= 0.3 is 6.18 Å². The lowest BCUT2D eigenvalue weighted by Crippen LogP contribution is -2.21. The van der Waals surface area contributed by atoms with Crippen LogP contribution in [0.5, 0.6) is 0 Å². The molecule has 0 spiro atoms. The van der Waals surface area contributed by atoms with Crippen LogP contribution in [0.25, 0.3) is 0 Å². The first-order valence-corrected chi connectivity index (χ1v) is 7.36. The maximum Gasteiger partial charge on any atom is 0.416 e. The predicted molar refractivity (Wildman–Crippen MR) is 74.4 cm³/mol. The van der Waals surface area contributed by atoms with Crippen molar-refractivity contribution in [1.82, 2.24) is 5.32 Å². The molecular formula is C14H20F3NS. The lowest BCUT2D eigenvalue weighted by Gasteiger charge is -2.15. The van der Waals surface area contributed by atoms with E-state index < -0.39 is 11.7 Å². The average molecular weight is 291 g/mol. The van der Waals surface area contributed by atoms with Crippen molar-refractivity contribution in [3.63, 3.8) is 0 Å².